The molecular formula is C16H8Cl3FN2O2. The predicted molar refractivity (Wildman–Crippen MR) is 91.9 cm³/mol. The zero-order chi connectivity index (χ0) is 17.4. The molecule has 3 rings (SSSR count). The fourth-order valence-electron chi connectivity index (χ4n) is 2.17. The minimum Gasteiger partial charge on any atom is -0.347 e. The summed E-state index contributed by atoms with van der Waals surface area (Å²) >= 11 is 17.7. The van der Waals surface area contributed by atoms with Crippen molar-refractivity contribution in [3.63, 3.8) is 0 Å². The van der Waals surface area contributed by atoms with Crippen molar-refractivity contribution in [2.75, 3.05) is 10.2 Å². The van der Waals surface area contributed by atoms with Crippen LogP contribution >= 0.6 is 34.8 Å². The molecule has 4 nitrogen and oxygen atoms in total. The number of imide groups is 1. The Kier molecular flexibility index (Phi) is 4.49. The summed E-state index contributed by atoms with van der Waals surface area (Å²) in [5, 5.41) is 2.69. The third-order valence-corrected chi connectivity index (χ3v) is 4.41. The molecule has 0 unspecified atom stereocenters. The van der Waals surface area contributed by atoms with Crippen LogP contribution in [0.4, 0.5) is 15.8 Å². The second-order valence-corrected chi connectivity index (χ2v) is 6.03. The Morgan fingerprint density at radius 2 is 1.62 bits per heavy atom. The highest BCUT2D eigenvalue weighted by Gasteiger charge is 2.39. The lowest BCUT2D eigenvalue weighted by molar-refractivity contribution is -0.120. The van der Waals surface area contributed by atoms with Crippen LogP contribution < -0.4 is 10.2 Å². The minimum absolute atomic E-state index is 0.0304. The van der Waals surface area contributed by atoms with Crippen LogP contribution in [0.3, 0.4) is 0 Å². The summed E-state index contributed by atoms with van der Waals surface area (Å²) in [6.07, 6.45) is 0. The molecule has 2 aromatic carbocycles. The molecule has 1 aliphatic heterocycles. The topological polar surface area (TPSA) is 49.4 Å². The molecule has 1 heterocycles. The lowest BCUT2D eigenvalue weighted by atomic mass is 10.2. The summed E-state index contributed by atoms with van der Waals surface area (Å²) in [5.41, 5.74) is 0.0310. The van der Waals surface area contributed by atoms with Crippen LogP contribution in [0, 0.1) is 5.82 Å². The molecule has 0 saturated heterocycles. The van der Waals surface area contributed by atoms with E-state index in [-0.39, 0.29) is 32.1 Å². The number of rotatable bonds is 3. The first-order valence-corrected chi connectivity index (χ1v) is 7.78. The van der Waals surface area contributed by atoms with Crippen molar-refractivity contribution in [1.29, 1.82) is 0 Å². The highest BCUT2D eigenvalue weighted by Crippen LogP contribution is 2.33. The molecule has 8 heteroatoms. The van der Waals surface area contributed by atoms with E-state index in [4.69, 9.17) is 34.8 Å². The van der Waals surface area contributed by atoms with Crippen molar-refractivity contribution in [1.82, 2.24) is 0 Å². The lowest BCUT2D eigenvalue weighted by Crippen LogP contribution is -2.32. The molecule has 122 valence electrons. The van der Waals surface area contributed by atoms with Gasteiger partial charge in [0.05, 0.1) is 21.4 Å². The first kappa shape index (κ1) is 16.8. The molecule has 1 aliphatic rings. The van der Waals surface area contributed by atoms with Gasteiger partial charge in [-0.15, -0.1) is 0 Å². The first-order valence-electron chi connectivity index (χ1n) is 6.65. The lowest BCUT2D eigenvalue weighted by Gasteiger charge is -2.15. The minimum atomic E-state index is -0.737. The van der Waals surface area contributed by atoms with Crippen LogP contribution in [0.15, 0.2) is 53.2 Å². The van der Waals surface area contributed by atoms with Gasteiger partial charge in [0.15, 0.2) is 0 Å². The number of hydrogen-bond donors (Lipinski definition) is 1. The van der Waals surface area contributed by atoms with Crippen LogP contribution in [0.5, 0.6) is 0 Å². The number of benzene rings is 2. The van der Waals surface area contributed by atoms with E-state index in [1.807, 2.05) is 0 Å². The van der Waals surface area contributed by atoms with Crippen LogP contribution in [-0.4, -0.2) is 11.8 Å². The number of anilines is 2. The molecule has 0 saturated carbocycles. The van der Waals surface area contributed by atoms with Gasteiger partial charge in [0.2, 0.25) is 0 Å². The van der Waals surface area contributed by atoms with Gasteiger partial charge in [0.1, 0.15) is 16.5 Å². The molecule has 0 aliphatic carbocycles. The molecular weight excluding hydrogens is 378 g/mol. The summed E-state index contributed by atoms with van der Waals surface area (Å²) in [6.45, 7) is 0. The number of para-hydroxylation sites is 1. The molecule has 0 radical (unpaired) electrons. The van der Waals surface area contributed by atoms with Crippen LogP contribution in [0.2, 0.25) is 10.0 Å². The Labute approximate surface area is 151 Å². The van der Waals surface area contributed by atoms with E-state index in [9.17, 15) is 14.0 Å². The first-order chi connectivity index (χ1) is 11.4. The Morgan fingerprint density at radius 1 is 0.917 bits per heavy atom. The highest BCUT2D eigenvalue weighted by atomic mass is 35.5. The number of carbonyl (C=O) groups excluding carboxylic acids is 2. The predicted octanol–water partition coefficient (Wildman–Crippen LogP) is 4.57. The van der Waals surface area contributed by atoms with Gasteiger partial charge in [0, 0.05) is 0 Å². The van der Waals surface area contributed by atoms with Gasteiger partial charge in [-0.2, -0.15) is 0 Å². The monoisotopic (exact) mass is 384 g/mol. The van der Waals surface area contributed by atoms with Gasteiger partial charge in [0.25, 0.3) is 11.8 Å². The second kappa shape index (κ2) is 6.43. The third-order valence-electron chi connectivity index (χ3n) is 3.32. The maximum atomic E-state index is 13.7. The molecule has 1 N–H and O–H groups in total. The summed E-state index contributed by atoms with van der Waals surface area (Å²) in [5.74, 6) is -2.03. The number of nitrogens with zero attached hydrogens (tertiary/aromatic N) is 1. The third kappa shape index (κ3) is 2.86. The molecule has 24 heavy (non-hydrogen) atoms. The van der Waals surface area contributed by atoms with Crippen molar-refractivity contribution in [3.05, 3.63) is 69.1 Å². The molecule has 2 aromatic rings. The Bertz CT molecular complexity index is 899. The number of hydrogen-bond acceptors (Lipinski definition) is 3. The van der Waals surface area contributed by atoms with Gasteiger partial charge in [-0.25, -0.2) is 9.29 Å². The van der Waals surface area contributed by atoms with Crippen LogP contribution in [-0.2, 0) is 9.59 Å². The van der Waals surface area contributed by atoms with E-state index in [1.54, 1.807) is 6.07 Å². The summed E-state index contributed by atoms with van der Waals surface area (Å²) in [4.78, 5) is 25.7. The Hall–Kier alpha value is -2.08. The van der Waals surface area contributed by atoms with Crippen molar-refractivity contribution >= 4 is 58.0 Å². The summed E-state index contributed by atoms with van der Waals surface area (Å²) in [6, 6.07) is 10.0. The molecule has 0 fully saturated rings. The standard InChI is InChI=1S/C16H8Cl3FN2O2/c17-9-6-5-8(7-10(9)18)22-15(23)13(19)14(16(22)24)21-12-4-2-1-3-11(12)20/h1-7,21H. The smallest absolute Gasteiger partial charge is 0.283 e. The van der Waals surface area contributed by atoms with Gasteiger partial charge in [-0.1, -0.05) is 46.9 Å². The second-order valence-electron chi connectivity index (χ2n) is 4.84. The summed E-state index contributed by atoms with van der Waals surface area (Å²) < 4.78 is 13.7. The molecule has 2 amide bonds. The van der Waals surface area contributed by atoms with Gasteiger partial charge >= 0.3 is 0 Å². The Morgan fingerprint density at radius 3 is 2.29 bits per heavy atom. The fourth-order valence-corrected chi connectivity index (χ4v) is 2.67. The van der Waals surface area contributed by atoms with Gasteiger partial charge < -0.3 is 5.32 Å². The average molecular weight is 386 g/mol. The number of halogens is 4. The SMILES string of the molecule is O=C1C(Cl)=C(Nc2ccccc2F)C(=O)N1c1ccc(Cl)c(Cl)c1. The van der Waals surface area contributed by atoms with E-state index >= 15 is 0 Å². The van der Waals surface area contributed by atoms with Crippen LogP contribution in [0.25, 0.3) is 0 Å². The number of amides is 2. The van der Waals surface area contributed by atoms with E-state index in [0.29, 0.717) is 0 Å². The quantitative estimate of drug-likeness (QED) is 0.788. The zero-order valence-electron chi connectivity index (χ0n) is 11.8. The maximum absolute atomic E-state index is 13.7. The normalized spacial score (nSPS) is 14.6. The van der Waals surface area contributed by atoms with Crippen molar-refractivity contribution in [2.45, 2.75) is 0 Å². The largest absolute Gasteiger partial charge is 0.347 e. The average Bonchev–Trinajstić information content (AvgIpc) is 2.76. The fraction of sp³-hybridized carbons (Fsp3) is 0. The van der Waals surface area contributed by atoms with E-state index in [2.05, 4.69) is 5.32 Å². The zero-order valence-corrected chi connectivity index (χ0v) is 14.1. The highest BCUT2D eigenvalue weighted by molar-refractivity contribution is 6.53. The van der Waals surface area contributed by atoms with E-state index in [0.717, 1.165) is 4.90 Å². The molecule has 0 atom stereocenters. The number of carbonyl (C=O) groups is 2. The van der Waals surface area contributed by atoms with Crippen LogP contribution in [0.1, 0.15) is 0 Å². The molecule has 0 aromatic heterocycles. The van der Waals surface area contributed by atoms with Gasteiger partial charge in [-0.05, 0) is 30.3 Å². The van der Waals surface area contributed by atoms with Crippen molar-refractivity contribution < 1.29 is 14.0 Å². The summed E-state index contributed by atoms with van der Waals surface area (Å²) in [7, 11) is 0. The molecule has 0 bridgehead atoms. The number of nitrogens with one attached hydrogen (secondary N) is 1. The van der Waals surface area contributed by atoms with Crippen molar-refractivity contribution in [3.8, 4) is 0 Å². The van der Waals surface area contributed by atoms with E-state index in [1.165, 1.54) is 36.4 Å². The Balaban J connectivity index is 1.95. The van der Waals surface area contributed by atoms with Gasteiger partial charge in [-0.3, -0.25) is 9.59 Å². The maximum Gasteiger partial charge on any atom is 0.283 e. The van der Waals surface area contributed by atoms with Crippen molar-refractivity contribution in [2.24, 2.45) is 0 Å². The van der Waals surface area contributed by atoms with E-state index < -0.39 is 17.6 Å². The molecule has 0 spiro atoms.